The summed E-state index contributed by atoms with van der Waals surface area (Å²) in [6, 6.07) is 13.1. The average molecular weight is 477 g/mol. The van der Waals surface area contributed by atoms with Crippen molar-refractivity contribution in [3.05, 3.63) is 59.9 Å². The molecule has 1 heterocycles. The zero-order chi connectivity index (χ0) is 23.8. The molecule has 1 amide bonds. The van der Waals surface area contributed by atoms with Crippen LogP contribution in [0, 0.1) is 5.82 Å². The van der Waals surface area contributed by atoms with Gasteiger partial charge in [0, 0.05) is 44.1 Å². The molecule has 2 aromatic rings. The summed E-state index contributed by atoms with van der Waals surface area (Å²) in [6.07, 6.45) is 3.58. The summed E-state index contributed by atoms with van der Waals surface area (Å²) in [5.74, 6) is -1.52. The van der Waals surface area contributed by atoms with Crippen molar-refractivity contribution in [2.24, 2.45) is 0 Å². The molecule has 33 heavy (non-hydrogen) atoms. The van der Waals surface area contributed by atoms with Crippen molar-refractivity contribution in [2.45, 2.75) is 25.8 Å². The van der Waals surface area contributed by atoms with Crippen molar-refractivity contribution in [3.63, 3.8) is 0 Å². The lowest BCUT2D eigenvalue weighted by molar-refractivity contribution is -0.129. The zero-order valence-corrected chi connectivity index (χ0v) is 20.2. The smallest absolute Gasteiger partial charge is 0.241 e. The van der Waals surface area contributed by atoms with Crippen LogP contribution in [0.25, 0.3) is 0 Å². The van der Waals surface area contributed by atoms with Crippen molar-refractivity contribution in [2.75, 3.05) is 55.6 Å². The molecule has 7 nitrogen and oxygen atoms in total. The highest BCUT2D eigenvalue weighted by Crippen LogP contribution is 2.22. The number of piperidine rings is 1. The molecule has 1 saturated heterocycles. The number of benzene rings is 2. The van der Waals surface area contributed by atoms with Gasteiger partial charge in [-0.25, -0.2) is 12.8 Å². The quantitative estimate of drug-likeness (QED) is 0.570. The Balaban J connectivity index is 1.63. The first-order valence-corrected chi connectivity index (χ1v) is 12.9. The molecule has 180 valence electrons. The molecular weight excluding hydrogens is 443 g/mol. The average Bonchev–Trinajstić information content (AvgIpc) is 2.78. The Bertz CT molecular complexity index is 1010. The summed E-state index contributed by atoms with van der Waals surface area (Å²) in [5.41, 5.74) is 2.24. The maximum atomic E-state index is 13.2. The van der Waals surface area contributed by atoms with Gasteiger partial charge in [0.15, 0.2) is 0 Å². The lowest BCUT2D eigenvalue weighted by atomic mass is 10.1. The number of rotatable bonds is 10. The van der Waals surface area contributed by atoms with Gasteiger partial charge in [-0.05, 0) is 75.3 Å². The molecule has 1 aliphatic rings. The van der Waals surface area contributed by atoms with Crippen molar-refractivity contribution in [3.8, 4) is 0 Å². The third kappa shape index (κ3) is 8.01. The number of likely N-dealkylation sites (N-methyl/N-ethyl adjacent to an activating group) is 1. The van der Waals surface area contributed by atoms with Gasteiger partial charge in [-0.3, -0.25) is 9.52 Å². The van der Waals surface area contributed by atoms with Gasteiger partial charge in [-0.15, -0.1) is 0 Å². The Labute approximate surface area is 196 Å². The second kappa shape index (κ2) is 11.5. The Morgan fingerprint density at radius 1 is 0.970 bits per heavy atom. The number of carbonyl (C=O) groups is 1. The molecule has 0 aromatic heterocycles. The first-order valence-electron chi connectivity index (χ1n) is 11.2. The van der Waals surface area contributed by atoms with Crippen LogP contribution in [-0.4, -0.2) is 70.2 Å². The van der Waals surface area contributed by atoms with Crippen molar-refractivity contribution in [1.29, 1.82) is 0 Å². The van der Waals surface area contributed by atoms with Gasteiger partial charge in [0.05, 0.1) is 0 Å². The molecule has 1 fully saturated rings. The molecular formula is C24H33FN4O3S. The topological polar surface area (TPSA) is 73.0 Å². The summed E-state index contributed by atoms with van der Waals surface area (Å²) in [5, 5.41) is 0. The maximum Gasteiger partial charge on any atom is 0.241 e. The first-order chi connectivity index (χ1) is 15.7. The van der Waals surface area contributed by atoms with Crippen LogP contribution in [0.4, 0.5) is 15.8 Å². The molecule has 3 rings (SSSR count). The molecule has 0 radical (unpaired) electrons. The van der Waals surface area contributed by atoms with E-state index in [9.17, 15) is 17.6 Å². The maximum absolute atomic E-state index is 13.2. The van der Waals surface area contributed by atoms with Gasteiger partial charge in [-0.2, -0.15) is 0 Å². The van der Waals surface area contributed by atoms with E-state index in [0.29, 0.717) is 18.8 Å². The van der Waals surface area contributed by atoms with Crippen molar-refractivity contribution >= 4 is 27.3 Å². The third-order valence-electron chi connectivity index (χ3n) is 5.63. The van der Waals surface area contributed by atoms with E-state index in [1.165, 1.54) is 36.3 Å². The molecule has 0 bridgehead atoms. The van der Waals surface area contributed by atoms with Crippen LogP contribution in [0.1, 0.15) is 24.8 Å². The molecule has 9 heteroatoms. The number of nitrogens with one attached hydrogen (secondary N) is 1. The van der Waals surface area contributed by atoms with E-state index in [2.05, 4.69) is 9.62 Å². The van der Waals surface area contributed by atoms with Crippen LogP contribution in [0.2, 0.25) is 0 Å². The van der Waals surface area contributed by atoms with Gasteiger partial charge in [0.1, 0.15) is 11.6 Å². The van der Waals surface area contributed by atoms with Crippen LogP contribution in [0.15, 0.2) is 48.5 Å². The van der Waals surface area contributed by atoms with Gasteiger partial charge in [-0.1, -0.05) is 12.1 Å². The van der Waals surface area contributed by atoms with Crippen molar-refractivity contribution in [1.82, 2.24) is 9.80 Å². The van der Waals surface area contributed by atoms with Gasteiger partial charge in [0.2, 0.25) is 15.9 Å². The monoisotopic (exact) mass is 476 g/mol. The molecule has 1 N–H and O–H groups in total. The number of hydrogen-bond donors (Lipinski definition) is 1. The van der Waals surface area contributed by atoms with Gasteiger partial charge >= 0.3 is 0 Å². The predicted octanol–water partition coefficient (Wildman–Crippen LogP) is 3.15. The standard InChI is InChI=1S/C24H33FN4O3S/c1-27(2)16-17-29(18-20-6-8-21(25)9-7-20)24(30)19-33(31,32)26-22-10-12-23(13-11-22)28-14-4-3-5-15-28/h6-13,26H,3-5,14-19H2,1-2H3. The highest BCUT2D eigenvalue weighted by atomic mass is 32.2. The normalized spacial score (nSPS) is 14.4. The molecule has 2 aromatic carbocycles. The van der Waals surface area contributed by atoms with E-state index in [0.717, 1.165) is 24.3 Å². The minimum atomic E-state index is -3.88. The first kappa shape index (κ1) is 25.0. The Kier molecular flexibility index (Phi) is 8.68. The SMILES string of the molecule is CN(C)CCN(Cc1ccc(F)cc1)C(=O)CS(=O)(=O)Nc1ccc(N2CCCCC2)cc1. The minimum Gasteiger partial charge on any atom is -0.372 e. The Morgan fingerprint density at radius 2 is 1.61 bits per heavy atom. The number of amides is 1. The minimum absolute atomic E-state index is 0.215. The van der Waals surface area contributed by atoms with E-state index in [1.807, 2.05) is 31.1 Å². The number of halogens is 1. The lowest BCUT2D eigenvalue weighted by Gasteiger charge is -2.28. The number of carbonyl (C=O) groups excluding carboxylic acids is 1. The molecule has 1 aliphatic heterocycles. The largest absolute Gasteiger partial charge is 0.372 e. The molecule has 0 spiro atoms. The fourth-order valence-electron chi connectivity index (χ4n) is 3.78. The van der Waals surface area contributed by atoms with E-state index in [-0.39, 0.29) is 12.4 Å². The lowest BCUT2D eigenvalue weighted by Crippen LogP contribution is -2.40. The van der Waals surface area contributed by atoms with E-state index >= 15 is 0 Å². The summed E-state index contributed by atoms with van der Waals surface area (Å²) < 4.78 is 41.2. The molecule has 0 atom stereocenters. The van der Waals surface area contributed by atoms with E-state index in [1.54, 1.807) is 24.3 Å². The summed E-state index contributed by atoms with van der Waals surface area (Å²) in [6.45, 7) is 3.18. The predicted molar refractivity (Wildman–Crippen MR) is 130 cm³/mol. The molecule has 0 aliphatic carbocycles. The highest BCUT2D eigenvalue weighted by molar-refractivity contribution is 7.93. The van der Waals surface area contributed by atoms with Crippen molar-refractivity contribution < 1.29 is 17.6 Å². The van der Waals surface area contributed by atoms with Crippen LogP contribution in [-0.2, 0) is 21.4 Å². The summed E-state index contributed by atoms with van der Waals surface area (Å²) >= 11 is 0. The molecule has 0 unspecified atom stereocenters. The second-order valence-corrected chi connectivity index (χ2v) is 10.4. The fourth-order valence-corrected chi connectivity index (χ4v) is 4.86. The number of sulfonamides is 1. The van der Waals surface area contributed by atoms with Crippen LogP contribution in [0.3, 0.4) is 0 Å². The van der Waals surface area contributed by atoms with E-state index < -0.39 is 21.7 Å². The van der Waals surface area contributed by atoms with Gasteiger partial charge in [0.25, 0.3) is 0 Å². The van der Waals surface area contributed by atoms with Crippen LogP contribution >= 0.6 is 0 Å². The van der Waals surface area contributed by atoms with E-state index in [4.69, 9.17) is 0 Å². The summed E-state index contributed by atoms with van der Waals surface area (Å²) in [7, 11) is -0.120. The van der Waals surface area contributed by atoms with Crippen LogP contribution < -0.4 is 9.62 Å². The zero-order valence-electron chi connectivity index (χ0n) is 19.3. The fraction of sp³-hybridized carbons (Fsp3) is 0.458. The highest BCUT2D eigenvalue weighted by Gasteiger charge is 2.22. The number of anilines is 2. The number of nitrogens with zero attached hydrogens (tertiary/aromatic N) is 3. The van der Waals surface area contributed by atoms with Crippen LogP contribution in [0.5, 0.6) is 0 Å². The molecule has 0 saturated carbocycles. The second-order valence-electron chi connectivity index (χ2n) is 8.70. The third-order valence-corrected chi connectivity index (χ3v) is 6.81. The van der Waals surface area contributed by atoms with Gasteiger partial charge < -0.3 is 14.7 Å². The Hall–Kier alpha value is -2.65. The Morgan fingerprint density at radius 3 is 2.21 bits per heavy atom. The summed E-state index contributed by atoms with van der Waals surface area (Å²) in [4.78, 5) is 18.6. The number of hydrogen-bond acceptors (Lipinski definition) is 5.